The fourth-order valence-electron chi connectivity index (χ4n) is 2.75. The Balaban J connectivity index is 1.38. The van der Waals surface area contributed by atoms with Gasteiger partial charge in [-0.15, -0.1) is 0 Å². The van der Waals surface area contributed by atoms with Crippen LogP contribution in [-0.4, -0.2) is 56.8 Å². The van der Waals surface area contributed by atoms with E-state index in [9.17, 15) is 4.79 Å². The summed E-state index contributed by atoms with van der Waals surface area (Å²) in [5.74, 6) is 1.52. The normalized spacial score (nSPS) is 16.6. The van der Waals surface area contributed by atoms with Crippen molar-refractivity contribution in [3.63, 3.8) is 0 Å². The van der Waals surface area contributed by atoms with E-state index in [4.69, 9.17) is 14.2 Å². The molecule has 1 aliphatic heterocycles. The monoisotopic (exact) mass is 370 g/mol. The Morgan fingerprint density at radius 2 is 1.81 bits per heavy atom. The Labute approximate surface area is 160 Å². The van der Waals surface area contributed by atoms with Gasteiger partial charge in [0.15, 0.2) is 0 Å². The van der Waals surface area contributed by atoms with Crippen molar-refractivity contribution in [2.24, 2.45) is 0 Å². The van der Waals surface area contributed by atoms with Gasteiger partial charge >= 0.3 is 0 Å². The number of amides is 1. The summed E-state index contributed by atoms with van der Waals surface area (Å²) in [6.07, 6.45) is -0.398. The molecule has 1 saturated heterocycles. The molecule has 6 nitrogen and oxygen atoms in total. The van der Waals surface area contributed by atoms with E-state index in [-0.39, 0.29) is 5.91 Å². The molecule has 0 bridgehead atoms. The van der Waals surface area contributed by atoms with E-state index in [1.165, 1.54) is 0 Å². The number of hydrogen-bond donors (Lipinski definition) is 1. The standard InChI is InChI=1S/C21H26N2O4/c1-23(21(24)20-15-22-11-13-26-20)12-14-25-18-7-9-19(10-8-18)27-16-17-5-3-2-4-6-17/h2-10,20,22H,11-16H2,1H3. The molecule has 1 unspecified atom stereocenters. The fraction of sp³-hybridized carbons (Fsp3) is 0.381. The highest BCUT2D eigenvalue weighted by Gasteiger charge is 2.24. The third-order valence-corrected chi connectivity index (χ3v) is 4.35. The van der Waals surface area contributed by atoms with E-state index in [0.717, 1.165) is 23.6 Å². The number of benzene rings is 2. The Kier molecular flexibility index (Phi) is 7.07. The van der Waals surface area contributed by atoms with Crippen molar-refractivity contribution in [3.05, 3.63) is 60.2 Å². The van der Waals surface area contributed by atoms with Gasteiger partial charge < -0.3 is 24.4 Å². The zero-order chi connectivity index (χ0) is 18.9. The number of morpholine rings is 1. The third kappa shape index (κ3) is 5.98. The van der Waals surface area contributed by atoms with Gasteiger partial charge in [0.05, 0.1) is 13.2 Å². The van der Waals surface area contributed by atoms with Gasteiger partial charge in [-0.3, -0.25) is 4.79 Å². The highest BCUT2D eigenvalue weighted by Crippen LogP contribution is 2.18. The first-order valence-corrected chi connectivity index (χ1v) is 9.19. The molecule has 1 fully saturated rings. The predicted molar refractivity (Wildman–Crippen MR) is 103 cm³/mol. The summed E-state index contributed by atoms with van der Waals surface area (Å²) in [4.78, 5) is 13.9. The lowest BCUT2D eigenvalue weighted by molar-refractivity contribution is -0.144. The van der Waals surface area contributed by atoms with E-state index < -0.39 is 6.10 Å². The largest absolute Gasteiger partial charge is 0.492 e. The Morgan fingerprint density at radius 3 is 2.48 bits per heavy atom. The molecule has 0 radical (unpaired) electrons. The number of carbonyl (C=O) groups excluding carboxylic acids is 1. The van der Waals surface area contributed by atoms with Crippen LogP contribution < -0.4 is 14.8 Å². The van der Waals surface area contributed by atoms with Crippen molar-refractivity contribution in [3.8, 4) is 11.5 Å². The lowest BCUT2D eigenvalue weighted by atomic mass is 10.2. The summed E-state index contributed by atoms with van der Waals surface area (Å²) >= 11 is 0. The fourth-order valence-corrected chi connectivity index (χ4v) is 2.75. The maximum atomic E-state index is 12.3. The van der Waals surface area contributed by atoms with E-state index in [0.29, 0.717) is 32.9 Å². The van der Waals surface area contributed by atoms with E-state index >= 15 is 0 Å². The molecular formula is C21H26N2O4. The number of likely N-dealkylation sites (N-methyl/N-ethyl adjacent to an activating group) is 1. The lowest BCUT2D eigenvalue weighted by Gasteiger charge is -2.27. The molecule has 1 atom stereocenters. The molecule has 3 rings (SSSR count). The van der Waals surface area contributed by atoms with Crippen molar-refractivity contribution < 1.29 is 19.0 Å². The minimum absolute atomic E-state index is 0.0181. The minimum atomic E-state index is -0.398. The summed E-state index contributed by atoms with van der Waals surface area (Å²) < 4.78 is 17.0. The summed E-state index contributed by atoms with van der Waals surface area (Å²) in [5, 5.41) is 3.16. The molecule has 0 aromatic heterocycles. The van der Waals surface area contributed by atoms with Gasteiger partial charge in [-0.25, -0.2) is 0 Å². The summed E-state index contributed by atoms with van der Waals surface area (Å²) in [6, 6.07) is 17.5. The van der Waals surface area contributed by atoms with Gasteiger partial charge in [0.1, 0.15) is 30.8 Å². The molecular weight excluding hydrogens is 344 g/mol. The van der Waals surface area contributed by atoms with Crippen LogP contribution in [0, 0.1) is 0 Å². The third-order valence-electron chi connectivity index (χ3n) is 4.35. The van der Waals surface area contributed by atoms with Crippen molar-refractivity contribution in [2.75, 3.05) is 39.9 Å². The van der Waals surface area contributed by atoms with Gasteiger partial charge in [0.25, 0.3) is 5.91 Å². The van der Waals surface area contributed by atoms with E-state index in [2.05, 4.69) is 5.32 Å². The first kappa shape index (κ1) is 19.2. The summed E-state index contributed by atoms with van der Waals surface area (Å²) in [6.45, 7) is 3.39. The average molecular weight is 370 g/mol. The van der Waals surface area contributed by atoms with Gasteiger partial charge in [-0.1, -0.05) is 30.3 Å². The molecule has 2 aromatic rings. The highest BCUT2D eigenvalue weighted by molar-refractivity contribution is 5.81. The molecule has 27 heavy (non-hydrogen) atoms. The molecule has 1 heterocycles. The van der Waals surface area contributed by atoms with Crippen molar-refractivity contribution >= 4 is 5.91 Å². The number of hydrogen-bond acceptors (Lipinski definition) is 5. The summed E-state index contributed by atoms with van der Waals surface area (Å²) in [7, 11) is 1.77. The molecule has 1 N–H and O–H groups in total. The minimum Gasteiger partial charge on any atom is -0.492 e. The maximum absolute atomic E-state index is 12.3. The molecule has 6 heteroatoms. The Hall–Kier alpha value is -2.57. The van der Waals surface area contributed by atoms with Crippen LogP contribution in [0.25, 0.3) is 0 Å². The van der Waals surface area contributed by atoms with Crippen LogP contribution in [-0.2, 0) is 16.1 Å². The van der Waals surface area contributed by atoms with Gasteiger partial charge in [-0.05, 0) is 29.8 Å². The SMILES string of the molecule is CN(CCOc1ccc(OCc2ccccc2)cc1)C(=O)C1CNCCO1. The Morgan fingerprint density at radius 1 is 1.11 bits per heavy atom. The van der Waals surface area contributed by atoms with Crippen molar-refractivity contribution in [1.82, 2.24) is 10.2 Å². The first-order valence-electron chi connectivity index (χ1n) is 9.19. The highest BCUT2D eigenvalue weighted by atomic mass is 16.5. The van der Waals surface area contributed by atoms with Crippen LogP contribution in [0.5, 0.6) is 11.5 Å². The van der Waals surface area contributed by atoms with E-state index in [1.807, 2.05) is 54.6 Å². The molecule has 0 saturated carbocycles. The average Bonchev–Trinajstić information content (AvgIpc) is 2.74. The number of rotatable bonds is 8. The molecule has 2 aromatic carbocycles. The second-order valence-electron chi connectivity index (χ2n) is 6.42. The summed E-state index contributed by atoms with van der Waals surface area (Å²) in [5.41, 5.74) is 1.13. The van der Waals surface area contributed by atoms with Gasteiger partial charge in [0.2, 0.25) is 0 Å². The first-order chi connectivity index (χ1) is 13.2. The number of nitrogens with zero attached hydrogens (tertiary/aromatic N) is 1. The second-order valence-corrected chi connectivity index (χ2v) is 6.42. The number of carbonyl (C=O) groups is 1. The second kappa shape index (κ2) is 9.94. The molecule has 1 amide bonds. The van der Waals surface area contributed by atoms with Crippen molar-refractivity contribution in [1.29, 1.82) is 0 Å². The topological polar surface area (TPSA) is 60.0 Å². The van der Waals surface area contributed by atoms with Gasteiger partial charge in [0, 0.05) is 20.1 Å². The van der Waals surface area contributed by atoms with Crippen LogP contribution in [0.4, 0.5) is 0 Å². The van der Waals surface area contributed by atoms with Crippen LogP contribution in [0.3, 0.4) is 0 Å². The number of nitrogens with one attached hydrogen (secondary N) is 1. The predicted octanol–water partition coefficient (Wildman–Crippen LogP) is 2.09. The molecule has 0 spiro atoms. The quantitative estimate of drug-likeness (QED) is 0.771. The molecule has 144 valence electrons. The van der Waals surface area contributed by atoms with Crippen LogP contribution >= 0.6 is 0 Å². The Bertz CT molecular complexity index is 700. The number of ether oxygens (including phenoxy) is 3. The van der Waals surface area contributed by atoms with Crippen LogP contribution in [0.2, 0.25) is 0 Å². The van der Waals surface area contributed by atoms with Crippen LogP contribution in [0.15, 0.2) is 54.6 Å². The molecule has 0 aliphatic carbocycles. The molecule has 1 aliphatic rings. The smallest absolute Gasteiger partial charge is 0.252 e. The zero-order valence-electron chi connectivity index (χ0n) is 15.6. The van der Waals surface area contributed by atoms with Gasteiger partial charge in [-0.2, -0.15) is 0 Å². The van der Waals surface area contributed by atoms with Crippen LogP contribution in [0.1, 0.15) is 5.56 Å². The van der Waals surface area contributed by atoms with Crippen molar-refractivity contribution in [2.45, 2.75) is 12.7 Å². The maximum Gasteiger partial charge on any atom is 0.252 e. The lowest BCUT2D eigenvalue weighted by Crippen LogP contribution is -2.49. The van der Waals surface area contributed by atoms with E-state index in [1.54, 1.807) is 11.9 Å². The zero-order valence-corrected chi connectivity index (χ0v) is 15.6.